The predicted octanol–water partition coefficient (Wildman–Crippen LogP) is 1.88. The summed E-state index contributed by atoms with van der Waals surface area (Å²) < 4.78 is 0. The predicted molar refractivity (Wildman–Crippen MR) is 125 cm³/mol. The zero-order valence-electron chi connectivity index (χ0n) is 18.5. The number of likely N-dealkylation sites (tertiary alicyclic amines) is 2. The number of rotatable bonds is 8. The van der Waals surface area contributed by atoms with E-state index in [0.717, 1.165) is 57.9 Å². The Kier molecular flexibility index (Phi) is 8.96. The molecule has 0 radical (unpaired) electrons. The van der Waals surface area contributed by atoms with Crippen molar-refractivity contribution in [1.29, 1.82) is 0 Å². The third-order valence-corrected chi connectivity index (χ3v) is 7.39. The molecule has 30 heavy (non-hydrogen) atoms. The summed E-state index contributed by atoms with van der Waals surface area (Å²) in [5.41, 5.74) is 5.48. The normalized spacial score (nSPS) is 26.5. The third kappa shape index (κ3) is 6.43. The SMILES string of the molecule is CN=C(NCCCN1CCCC(C(N)=O)C1)NCC1CCCN(C)C1c1cccs1. The van der Waals surface area contributed by atoms with Crippen LogP contribution in [0.1, 0.15) is 43.0 Å². The van der Waals surface area contributed by atoms with Gasteiger partial charge in [-0.25, -0.2) is 0 Å². The molecule has 2 fully saturated rings. The van der Waals surface area contributed by atoms with E-state index >= 15 is 0 Å². The maximum atomic E-state index is 11.4. The van der Waals surface area contributed by atoms with Gasteiger partial charge < -0.3 is 21.3 Å². The van der Waals surface area contributed by atoms with E-state index in [1.54, 1.807) is 0 Å². The number of aliphatic imine (C=N–C) groups is 1. The maximum Gasteiger partial charge on any atom is 0.221 e. The van der Waals surface area contributed by atoms with Crippen LogP contribution < -0.4 is 16.4 Å². The number of nitrogens with two attached hydrogens (primary N) is 1. The Morgan fingerprint density at radius 2 is 2.13 bits per heavy atom. The average Bonchev–Trinajstić information content (AvgIpc) is 3.27. The number of primary amides is 1. The average molecular weight is 435 g/mol. The number of thiophene rings is 1. The monoisotopic (exact) mass is 434 g/mol. The second kappa shape index (κ2) is 11.7. The number of hydrogen-bond acceptors (Lipinski definition) is 5. The molecule has 0 aromatic carbocycles. The van der Waals surface area contributed by atoms with Crippen molar-refractivity contribution >= 4 is 23.2 Å². The van der Waals surface area contributed by atoms with Crippen molar-refractivity contribution < 1.29 is 4.79 Å². The summed E-state index contributed by atoms with van der Waals surface area (Å²) in [6.45, 7) is 5.83. The fourth-order valence-electron chi connectivity index (χ4n) is 4.83. The van der Waals surface area contributed by atoms with Gasteiger partial charge in [0.1, 0.15) is 0 Å². The summed E-state index contributed by atoms with van der Waals surface area (Å²) in [6.07, 6.45) is 5.51. The quantitative estimate of drug-likeness (QED) is 0.330. The zero-order chi connectivity index (χ0) is 21.3. The van der Waals surface area contributed by atoms with Crippen LogP contribution in [0.25, 0.3) is 0 Å². The summed E-state index contributed by atoms with van der Waals surface area (Å²) in [7, 11) is 4.08. The summed E-state index contributed by atoms with van der Waals surface area (Å²) >= 11 is 1.86. The van der Waals surface area contributed by atoms with Crippen molar-refractivity contribution in [3.8, 4) is 0 Å². The van der Waals surface area contributed by atoms with Gasteiger partial charge in [0.25, 0.3) is 0 Å². The molecular weight excluding hydrogens is 396 g/mol. The molecule has 8 heteroatoms. The highest BCUT2D eigenvalue weighted by Gasteiger charge is 2.31. The molecule has 0 saturated carbocycles. The molecule has 1 aromatic heterocycles. The molecule has 0 aliphatic carbocycles. The van der Waals surface area contributed by atoms with E-state index in [1.165, 1.54) is 24.3 Å². The van der Waals surface area contributed by atoms with Crippen LogP contribution >= 0.6 is 11.3 Å². The number of hydrogen-bond donors (Lipinski definition) is 3. The van der Waals surface area contributed by atoms with Crippen molar-refractivity contribution in [2.24, 2.45) is 22.6 Å². The Labute approximate surface area is 185 Å². The van der Waals surface area contributed by atoms with Crippen molar-refractivity contribution in [1.82, 2.24) is 20.4 Å². The fourth-order valence-corrected chi connectivity index (χ4v) is 5.81. The fraction of sp³-hybridized carbons (Fsp3) is 0.727. The minimum atomic E-state index is -0.156. The zero-order valence-corrected chi connectivity index (χ0v) is 19.3. The van der Waals surface area contributed by atoms with Crippen LogP contribution in [0.4, 0.5) is 0 Å². The molecule has 2 aliphatic heterocycles. The van der Waals surface area contributed by atoms with Gasteiger partial charge in [0, 0.05) is 37.6 Å². The van der Waals surface area contributed by atoms with E-state index in [9.17, 15) is 4.79 Å². The van der Waals surface area contributed by atoms with Crippen molar-refractivity contribution in [2.45, 2.75) is 38.1 Å². The van der Waals surface area contributed by atoms with E-state index in [2.05, 4.69) is 50.0 Å². The van der Waals surface area contributed by atoms with Gasteiger partial charge in [-0.05, 0) is 76.2 Å². The number of guanidine groups is 1. The molecule has 2 aliphatic rings. The molecule has 3 atom stereocenters. The number of carbonyl (C=O) groups excluding carboxylic acids is 1. The van der Waals surface area contributed by atoms with Gasteiger partial charge in [-0.15, -0.1) is 11.3 Å². The molecule has 3 heterocycles. The molecule has 2 saturated heterocycles. The van der Waals surface area contributed by atoms with Gasteiger partial charge in [0.2, 0.25) is 5.91 Å². The summed E-state index contributed by atoms with van der Waals surface area (Å²) in [5.74, 6) is 1.32. The Hall–Kier alpha value is -1.64. The highest BCUT2D eigenvalue weighted by molar-refractivity contribution is 7.10. The topological polar surface area (TPSA) is 86.0 Å². The van der Waals surface area contributed by atoms with E-state index in [-0.39, 0.29) is 11.8 Å². The molecule has 0 spiro atoms. The number of amides is 1. The lowest BCUT2D eigenvalue weighted by Gasteiger charge is -2.39. The van der Waals surface area contributed by atoms with E-state index in [4.69, 9.17) is 5.73 Å². The van der Waals surface area contributed by atoms with E-state index in [1.807, 2.05) is 18.4 Å². The second-order valence-electron chi connectivity index (χ2n) is 8.62. The number of nitrogens with zero attached hydrogens (tertiary/aromatic N) is 3. The first kappa shape index (κ1) is 23.0. The van der Waals surface area contributed by atoms with Gasteiger partial charge in [0.15, 0.2) is 5.96 Å². The van der Waals surface area contributed by atoms with Gasteiger partial charge >= 0.3 is 0 Å². The van der Waals surface area contributed by atoms with Gasteiger partial charge in [-0.3, -0.25) is 14.7 Å². The molecule has 0 bridgehead atoms. The van der Waals surface area contributed by atoms with Crippen molar-refractivity contribution in [3.05, 3.63) is 22.4 Å². The molecule has 3 unspecified atom stereocenters. The van der Waals surface area contributed by atoms with Crippen LogP contribution in [-0.2, 0) is 4.79 Å². The highest BCUT2D eigenvalue weighted by atomic mass is 32.1. The Morgan fingerprint density at radius 1 is 1.30 bits per heavy atom. The van der Waals surface area contributed by atoms with Crippen LogP contribution in [0.15, 0.2) is 22.5 Å². The summed E-state index contributed by atoms with van der Waals surface area (Å²) in [6, 6.07) is 4.91. The molecule has 3 rings (SSSR count). The minimum Gasteiger partial charge on any atom is -0.369 e. The third-order valence-electron chi connectivity index (χ3n) is 6.45. The Bertz CT molecular complexity index is 679. The first-order chi connectivity index (χ1) is 14.6. The lowest BCUT2D eigenvalue weighted by molar-refractivity contribution is -0.123. The van der Waals surface area contributed by atoms with E-state index in [0.29, 0.717) is 12.0 Å². The number of carbonyl (C=O) groups is 1. The smallest absolute Gasteiger partial charge is 0.221 e. The second-order valence-corrected chi connectivity index (χ2v) is 9.60. The Balaban J connectivity index is 1.39. The van der Waals surface area contributed by atoms with Crippen molar-refractivity contribution in [3.63, 3.8) is 0 Å². The van der Waals surface area contributed by atoms with Crippen LogP contribution in [-0.4, -0.2) is 75.0 Å². The molecule has 168 valence electrons. The first-order valence-electron chi connectivity index (χ1n) is 11.3. The van der Waals surface area contributed by atoms with E-state index < -0.39 is 0 Å². The molecule has 1 amide bonds. The Morgan fingerprint density at radius 3 is 2.87 bits per heavy atom. The largest absolute Gasteiger partial charge is 0.369 e. The number of nitrogens with one attached hydrogen (secondary N) is 2. The van der Waals surface area contributed by atoms with Crippen LogP contribution in [0.3, 0.4) is 0 Å². The standard InChI is InChI=1S/C22H38N6OS/c1-24-22(25-10-6-13-28-12-4-8-18(16-28)21(23)29)26-15-17-7-3-11-27(2)20(17)19-9-5-14-30-19/h5,9,14,17-18,20H,3-4,6-8,10-13,15-16H2,1-2H3,(H2,23,29)(H2,24,25,26). The lowest BCUT2D eigenvalue weighted by atomic mass is 9.88. The molecular formula is C22H38N6OS. The minimum absolute atomic E-state index is 0.0195. The summed E-state index contributed by atoms with van der Waals surface area (Å²) in [4.78, 5) is 22.2. The lowest BCUT2D eigenvalue weighted by Crippen LogP contribution is -2.45. The molecule has 7 nitrogen and oxygen atoms in total. The highest BCUT2D eigenvalue weighted by Crippen LogP contribution is 2.36. The van der Waals surface area contributed by atoms with Gasteiger partial charge in [-0.2, -0.15) is 0 Å². The summed E-state index contributed by atoms with van der Waals surface area (Å²) in [5, 5.41) is 9.18. The molecule has 1 aromatic rings. The van der Waals surface area contributed by atoms with Gasteiger partial charge in [0.05, 0.1) is 5.92 Å². The van der Waals surface area contributed by atoms with Gasteiger partial charge in [-0.1, -0.05) is 6.07 Å². The van der Waals surface area contributed by atoms with Crippen LogP contribution in [0.5, 0.6) is 0 Å². The molecule has 4 N–H and O–H groups in total. The maximum absolute atomic E-state index is 11.4. The van der Waals surface area contributed by atoms with Crippen LogP contribution in [0.2, 0.25) is 0 Å². The van der Waals surface area contributed by atoms with Crippen LogP contribution in [0, 0.1) is 11.8 Å². The van der Waals surface area contributed by atoms with Crippen molar-refractivity contribution in [2.75, 3.05) is 53.4 Å². The first-order valence-corrected chi connectivity index (χ1v) is 12.2. The number of piperidine rings is 2.